The lowest BCUT2D eigenvalue weighted by atomic mass is 10.3. The number of ether oxygens (including phenoxy) is 1. The van der Waals surface area contributed by atoms with Crippen molar-refractivity contribution in [2.24, 2.45) is 0 Å². The van der Waals surface area contributed by atoms with Crippen LogP contribution < -0.4 is 9.46 Å². The van der Waals surface area contributed by atoms with Crippen molar-refractivity contribution >= 4 is 33.2 Å². The quantitative estimate of drug-likeness (QED) is 0.816. The zero-order valence-corrected chi connectivity index (χ0v) is 15.6. The average molecular weight is 395 g/mol. The molecular formula is C18H19ClN2O4S. The Morgan fingerprint density at radius 3 is 2.58 bits per heavy atom. The van der Waals surface area contributed by atoms with E-state index in [-0.39, 0.29) is 22.4 Å². The van der Waals surface area contributed by atoms with Crippen LogP contribution in [0.25, 0.3) is 0 Å². The maximum absolute atomic E-state index is 12.5. The summed E-state index contributed by atoms with van der Waals surface area (Å²) in [6.07, 6.45) is 2.04. The summed E-state index contributed by atoms with van der Waals surface area (Å²) in [5.74, 6) is 0.349. The summed E-state index contributed by atoms with van der Waals surface area (Å²) in [7, 11) is -3.82. The van der Waals surface area contributed by atoms with Crippen LogP contribution in [-0.2, 0) is 14.8 Å². The van der Waals surface area contributed by atoms with Crippen molar-refractivity contribution in [2.75, 3.05) is 24.4 Å². The van der Waals surface area contributed by atoms with Crippen molar-refractivity contribution in [2.45, 2.75) is 17.7 Å². The molecule has 0 aliphatic carbocycles. The summed E-state index contributed by atoms with van der Waals surface area (Å²) in [5, 5.41) is 0.142. The Hall–Kier alpha value is -2.25. The first-order chi connectivity index (χ1) is 12.5. The Morgan fingerprint density at radius 1 is 1.12 bits per heavy atom. The van der Waals surface area contributed by atoms with Gasteiger partial charge in [0.1, 0.15) is 10.6 Å². The van der Waals surface area contributed by atoms with Crippen LogP contribution in [0.15, 0.2) is 53.4 Å². The van der Waals surface area contributed by atoms with Gasteiger partial charge >= 0.3 is 0 Å². The molecular weight excluding hydrogens is 376 g/mol. The lowest BCUT2D eigenvalue weighted by Gasteiger charge is -2.16. The Balaban J connectivity index is 1.67. The van der Waals surface area contributed by atoms with E-state index < -0.39 is 10.0 Å². The third-order valence-corrected chi connectivity index (χ3v) is 5.91. The van der Waals surface area contributed by atoms with Gasteiger partial charge in [0.25, 0.3) is 15.9 Å². The van der Waals surface area contributed by atoms with Gasteiger partial charge in [0.2, 0.25) is 0 Å². The van der Waals surface area contributed by atoms with Crippen LogP contribution in [0.2, 0.25) is 5.02 Å². The molecule has 0 unspecified atom stereocenters. The molecule has 0 radical (unpaired) electrons. The zero-order valence-electron chi connectivity index (χ0n) is 14.0. The average Bonchev–Trinajstić information content (AvgIpc) is 3.14. The zero-order chi connectivity index (χ0) is 18.6. The molecule has 138 valence electrons. The second-order valence-electron chi connectivity index (χ2n) is 5.94. The fraction of sp³-hybridized carbons (Fsp3) is 0.278. The number of rotatable bonds is 6. The molecule has 8 heteroatoms. The first kappa shape index (κ1) is 18.5. The minimum absolute atomic E-state index is 0.00259. The number of benzene rings is 2. The first-order valence-electron chi connectivity index (χ1n) is 8.24. The summed E-state index contributed by atoms with van der Waals surface area (Å²) in [6.45, 7) is 1.46. The van der Waals surface area contributed by atoms with E-state index in [1.54, 1.807) is 35.2 Å². The fourth-order valence-electron chi connectivity index (χ4n) is 2.73. The van der Waals surface area contributed by atoms with Crippen LogP contribution in [0, 0.1) is 0 Å². The molecule has 0 atom stereocenters. The van der Waals surface area contributed by atoms with Gasteiger partial charge in [-0.15, -0.1) is 0 Å². The highest BCUT2D eigenvalue weighted by Crippen LogP contribution is 2.25. The van der Waals surface area contributed by atoms with E-state index in [0.29, 0.717) is 11.4 Å². The molecule has 1 aliphatic rings. The van der Waals surface area contributed by atoms with Gasteiger partial charge in [-0.3, -0.25) is 9.52 Å². The number of carbonyl (C=O) groups excluding carboxylic acids is 1. The number of hydrogen-bond donors (Lipinski definition) is 1. The minimum atomic E-state index is -3.82. The van der Waals surface area contributed by atoms with Crippen LogP contribution in [-0.4, -0.2) is 38.9 Å². The molecule has 2 aromatic carbocycles. The number of anilines is 1. The summed E-state index contributed by atoms with van der Waals surface area (Å²) in [6, 6.07) is 12.7. The Morgan fingerprint density at radius 2 is 1.85 bits per heavy atom. The van der Waals surface area contributed by atoms with Crippen LogP contribution in [0.4, 0.5) is 5.69 Å². The van der Waals surface area contributed by atoms with Crippen LogP contribution >= 0.6 is 11.6 Å². The molecule has 1 heterocycles. The molecule has 0 aromatic heterocycles. The summed E-state index contributed by atoms with van der Waals surface area (Å²) in [4.78, 5) is 13.8. The summed E-state index contributed by atoms with van der Waals surface area (Å²) < 4.78 is 32.9. The van der Waals surface area contributed by atoms with Gasteiger partial charge in [-0.05, 0) is 37.1 Å². The maximum Gasteiger partial charge on any atom is 0.263 e. The second kappa shape index (κ2) is 7.97. The number of nitrogens with zero attached hydrogens (tertiary/aromatic N) is 1. The standard InChI is InChI=1S/C18H19ClN2O4S/c19-16-8-1-2-9-17(16)26(23,24)20-14-6-5-7-15(12-14)25-13-18(22)21-10-3-4-11-21/h1-2,5-9,12,20H,3-4,10-11,13H2. The SMILES string of the molecule is O=C(COc1cccc(NS(=O)(=O)c2ccccc2Cl)c1)N1CCCC1. The number of sulfonamides is 1. The smallest absolute Gasteiger partial charge is 0.263 e. The van der Waals surface area contributed by atoms with E-state index in [4.69, 9.17) is 16.3 Å². The van der Waals surface area contributed by atoms with Gasteiger partial charge in [0.05, 0.1) is 10.7 Å². The molecule has 1 fully saturated rings. The number of likely N-dealkylation sites (tertiary alicyclic amines) is 1. The first-order valence-corrected chi connectivity index (χ1v) is 10.1. The topological polar surface area (TPSA) is 75.7 Å². The van der Waals surface area contributed by atoms with Gasteiger partial charge < -0.3 is 9.64 Å². The van der Waals surface area contributed by atoms with Crippen LogP contribution in [0.1, 0.15) is 12.8 Å². The summed E-state index contributed by atoms with van der Waals surface area (Å²) >= 11 is 5.97. The second-order valence-corrected chi connectivity index (χ2v) is 8.00. The van der Waals surface area contributed by atoms with E-state index in [9.17, 15) is 13.2 Å². The molecule has 0 saturated carbocycles. The van der Waals surface area contributed by atoms with Crippen molar-refractivity contribution in [3.05, 3.63) is 53.6 Å². The van der Waals surface area contributed by atoms with E-state index in [1.165, 1.54) is 18.2 Å². The molecule has 26 heavy (non-hydrogen) atoms. The molecule has 1 aliphatic heterocycles. The number of hydrogen-bond acceptors (Lipinski definition) is 4. The summed E-state index contributed by atoms with van der Waals surface area (Å²) in [5.41, 5.74) is 0.330. The minimum Gasteiger partial charge on any atom is -0.484 e. The molecule has 1 N–H and O–H groups in total. The fourth-order valence-corrected chi connectivity index (χ4v) is 4.30. The Labute approximate surface area is 157 Å². The normalized spacial score (nSPS) is 14.3. The predicted molar refractivity (Wildman–Crippen MR) is 100 cm³/mol. The molecule has 1 saturated heterocycles. The third-order valence-electron chi connectivity index (χ3n) is 4.03. The lowest BCUT2D eigenvalue weighted by Crippen LogP contribution is -2.32. The van der Waals surface area contributed by atoms with Gasteiger partial charge in [0, 0.05) is 19.2 Å². The molecule has 6 nitrogen and oxygen atoms in total. The van der Waals surface area contributed by atoms with Gasteiger partial charge in [-0.1, -0.05) is 29.8 Å². The van der Waals surface area contributed by atoms with Crippen molar-refractivity contribution in [3.63, 3.8) is 0 Å². The predicted octanol–water partition coefficient (Wildman–Crippen LogP) is 3.14. The molecule has 2 aromatic rings. The van der Waals surface area contributed by atoms with E-state index in [2.05, 4.69) is 4.72 Å². The highest BCUT2D eigenvalue weighted by molar-refractivity contribution is 7.92. The third kappa shape index (κ3) is 4.47. The largest absolute Gasteiger partial charge is 0.484 e. The maximum atomic E-state index is 12.5. The van der Waals surface area contributed by atoms with Crippen LogP contribution in [0.3, 0.4) is 0 Å². The molecule has 0 bridgehead atoms. The molecule has 1 amide bonds. The van der Waals surface area contributed by atoms with Gasteiger partial charge in [-0.25, -0.2) is 8.42 Å². The van der Waals surface area contributed by atoms with Crippen molar-refractivity contribution < 1.29 is 17.9 Å². The van der Waals surface area contributed by atoms with E-state index >= 15 is 0 Å². The van der Waals surface area contributed by atoms with Gasteiger partial charge in [-0.2, -0.15) is 0 Å². The van der Waals surface area contributed by atoms with E-state index in [1.807, 2.05) is 0 Å². The van der Waals surface area contributed by atoms with Crippen LogP contribution in [0.5, 0.6) is 5.75 Å². The van der Waals surface area contributed by atoms with Gasteiger partial charge in [0.15, 0.2) is 6.61 Å². The Bertz CT molecular complexity index is 896. The number of nitrogens with one attached hydrogen (secondary N) is 1. The van der Waals surface area contributed by atoms with Crippen molar-refractivity contribution in [3.8, 4) is 5.75 Å². The highest BCUT2D eigenvalue weighted by Gasteiger charge is 2.19. The number of carbonyl (C=O) groups is 1. The molecule has 0 spiro atoms. The monoisotopic (exact) mass is 394 g/mol. The lowest BCUT2D eigenvalue weighted by molar-refractivity contribution is -0.132. The van der Waals surface area contributed by atoms with Crippen molar-refractivity contribution in [1.82, 2.24) is 4.90 Å². The highest BCUT2D eigenvalue weighted by atomic mass is 35.5. The Kier molecular flexibility index (Phi) is 5.68. The number of amides is 1. The number of halogens is 1. The van der Waals surface area contributed by atoms with E-state index in [0.717, 1.165) is 25.9 Å². The van der Waals surface area contributed by atoms with Crippen molar-refractivity contribution in [1.29, 1.82) is 0 Å². The molecule has 3 rings (SSSR count).